The molecule has 1 aromatic rings. The van der Waals surface area contributed by atoms with Crippen LogP contribution in [0.15, 0.2) is 6.07 Å². The maximum Gasteiger partial charge on any atom is 0.223 e. The fraction of sp³-hybridized carbons (Fsp3) is 0.733. The molecule has 0 aromatic carbocycles. The number of rotatable bonds is 4. The molecule has 20 heavy (non-hydrogen) atoms. The van der Waals surface area contributed by atoms with E-state index in [1.165, 1.54) is 25.0 Å². The normalized spacial score (nSPS) is 27.6. The van der Waals surface area contributed by atoms with Gasteiger partial charge in [0.15, 0.2) is 0 Å². The second-order valence-corrected chi connectivity index (χ2v) is 6.24. The Morgan fingerprint density at radius 1 is 1.40 bits per heavy atom. The Morgan fingerprint density at radius 3 is 2.80 bits per heavy atom. The van der Waals surface area contributed by atoms with Crippen LogP contribution in [0.1, 0.15) is 43.0 Å². The molecule has 2 heterocycles. The van der Waals surface area contributed by atoms with Gasteiger partial charge in [-0.2, -0.15) is 0 Å². The Hall–Kier alpha value is -1.20. The third-order valence-corrected chi connectivity index (χ3v) is 4.63. The van der Waals surface area contributed by atoms with Crippen molar-refractivity contribution in [1.82, 2.24) is 14.9 Å². The van der Waals surface area contributed by atoms with Crippen molar-refractivity contribution < 1.29 is 5.11 Å². The molecule has 2 atom stereocenters. The van der Waals surface area contributed by atoms with E-state index in [2.05, 4.69) is 28.3 Å². The monoisotopic (exact) mass is 276 g/mol. The van der Waals surface area contributed by atoms with E-state index in [-0.39, 0.29) is 12.6 Å². The predicted octanol–water partition coefficient (Wildman–Crippen LogP) is 1.53. The zero-order valence-corrected chi connectivity index (χ0v) is 12.3. The molecule has 0 bridgehead atoms. The fourth-order valence-corrected chi connectivity index (χ4v) is 3.15. The molecule has 0 spiro atoms. The highest BCUT2D eigenvalue weighted by atomic mass is 16.3. The van der Waals surface area contributed by atoms with Gasteiger partial charge in [0.25, 0.3) is 0 Å². The Balaban J connectivity index is 1.69. The van der Waals surface area contributed by atoms with E-state index in [0.717, 1.165) is 24.6 Å². The van der Waals surface area contributed by atoms with Crippen molar-refractivity contribution in [3.63, 3.8) is 0 Å². The molecule has 0 radical (unpaired) electrons. The molecule has 1 aliphatic heterocycles. The third kappa shape index (κ3) is 2.79. The molecule has 1 aliphatic carbocycles. The molecular formula is C15H24N4O. The van der Waals surface area contributed by atoms with Crippen LogP contribution >= 0.6 is 0 Å². The molecule has 1 aromatic heterocycles. The summed E-state index contributed by atoms with van der Waals surface area (Å²) in [5, 5.41) is 12.8. The highest BCUT2D eigenvalue weighted by Crippen LogP contribution is 2.35. The third-order valence-electron chi connectivity index (χ3n) is 4.63. The summed E-state index contributed by atoms with van der Waals surface area (Å²) in [6, 6.07) is 2.70. The lowest BCUT2D eigenvalue weighted by molar-refractivity contribution is 0.182. The first kappa shape index (κ1) is 13.8. The first-order chi connectivity index (χ1) is 9.65. The topological polar surface area (TPSA) is 61.3 Å². The van der Waals surface area contributed by atoms with Crippen LogP contribution in [0.2, 0.25) is 0 Å². The molecular weight excluding hydrogens is 252 g/mol. The van der Waals surface area contributed by atoms with Gasteiger partial charge < -0.3 is 10.4 Å². The van der Waals surface area contributed by atoms with Crippen LogP contribution in [-0.2, 0) is 0 Å². The van der Waals surface area contributed by atoms with Crippen molar-refractivity contribution in [3.05, 3.63) is 17.5 Å². The summed E-state index contributed by atoms with van der Waals surface area (Å²) in [4.78, 5) is 11.4. The number of nitrogens with zero attached hydrogens (tertiary/aromatic N) is 3. The van der Waals surface area contributed by atoms with E-state index in [9.17, 15) is 5.11 Å². The van der Waals surface area contributed by atoms with E-state index in [0.29, 0.717) is 12.0 Å². The van der Waals surface area contributed by atoms with Gasteiger partial charge in [-0.05, 0) is 39.3 Å². The van der Waals surface area contributed by atoms with Crippen molar-refractivity contribution in [1.29, 1.82) is 0 Å². The van der Waals surface area contributed by atoms with Crippen LogP contribution < -0.4 is 5.32 Å². The lowest BCUT2D eigenvalue weighted by atomic mass is 9.83. The van der Waals surface area contributed by atoms with Crippen molar-refractivity contribution in [2.45, 2.75) is 50.6 Å². The quantitative estimate of drug-likeness (QED) is 0.873. The van der Waals surface area contributed by atoms with Gasteiger partial charge in [-0.3, -0.25) is 4.90 Å². The summed E-state index contributed by atoms with van der Waals surface area (Å²) in [5.41, 5.74) is 2.23. The molecule has 2 fully saturated rings. The summed E-state index contributed by atoms with van der Waals surface area (Å²) in [5.74, 6) is 1.39. The molecule has 3 rings (SSSR count). The summed E-state index contributed by atoms with van der Waals surface area (Å²) in [6.45, 7) is 3.18. The zero-order chi connectivity index (χ0) is 14.1. The number of anilines is 1. The molecule has 2 aliphatic rings. The first-order valence-electron chi connectivity index (χ1n) is 7.59. The number of likely N-dealkylation sites (N-methyl/N-ethyl adjacent to an activating group) is 1. The summed E-state index contributed by atoms with van der Waals surface area (Å²) < 4.78 is 0. The van der Waals surface area contributed by atoms with Crippen LogP contribution in [0.3, 0.4) is 0 Å². The minimum Gasteiger partial charge on any atom is -0.395 e. The highest BCUT2D eigenvalue weighted by molar-refractivity contribution is 5.32. The van der Waals surface area contributed by atoms with Gasteiger partial charge in [0, 0.05) is 35.9 Å². The van der Waals surface area contributed by atoms with Crippen molar-refractivity contribution in [3.8, 4) is 0 Å². The molecule has 1 saturated heterocycles. The molecule has 0 unspecified atom stereocenters. The van der Waals surface area contributed by atoms with Crippen molar-refractivity contribution >= 4 is 5.95 Å². The van der Waals surface area contributed by atoms with Crippen LogP contribution in [-0.4, -0.2) is 52.3 Å². The first-order valence-corrected chi connectivity index (χ1v) is 7.59. The number of aromatic nitrogens is 2. The molecule has 5 heteroatoms. The summed E-state index contributed by atoms with van der Waals surface area (Å²) >= 11 is 0. The lowest BCUT2D eigenvalue weighted by Crippen LogP contribution is -2.28. The van der Waals surface area contributed by atoms with E-state index in [1.807, 2.05) is 6.92 Å². The largest absolute Gasteiger partial charge is 0.395 e. The minimum atomic E-state index is 0.219. The van der Waals surface area contributed by atoms with E-state index < -0.39 is 0 Å². The number of likely N-dealkylation sites (tertiary alicyclic amines) is 1. The van der Waals surface area contributed by atoms with Gasteiger partial charge in [0.1, 0.15) is 0 Å². The van der Waals surface area contributed by atoms with Crippen LogP contribution in [0.5, 0.6) is 0 Å². The highest BCUT2D eigenvalue weighted by Gasteiger charge is 2.29. The molecule has 0 amide bonds. The molecule has 1 saturated carbocycles. The van der Waals surface area contributed by atoms with Crippen LogP contribution in [0, 0.1) is 6.92 Å². The maximum atomic E-state index is 9.32. The number of aliphatic hydroxyl groups is 1. The number of nitrogens with one attached hydrogen (secondary N) is 1. The van der Waals surface area contributed by atoms with Gasteiger partial charge in [0.05, 0.1) is 6.61 Å². The number of aryl methyl sites for hydroxylation is 1. The van der Waals surface area contributed by atoms with E-state index in [1.54, 1.807) is 0 Å². The molecule has 110 valence electrons. The molecule has 2 N–H and O–H groups in total. The van der Waals surface area contributed by atoms with Crippen molar-refractivity contribution in [2.75, 3.05) is 25.5 Å². The SMILES string of the molecule is Cc1cc(C2CCC2)nc(N[C@@H]2C[C@@H](CO)N(C)C2)n1. The van der Waals surface area contributed by atoms with E-state index in [4.69, 9.17) is 4.98 Å². The number of hydrogen-bond acceptors (Lipinski definition) is 5. The summed E-state index contributed by atoms with van der Waals surface area (Å²) in [6.07, 6.45) is 4.79. The average Bonchev–Trinajstić information content (AvgIpc) is 2.66. The number of hydrogen-bond donors (Lipinski definition) is 2. The maximum absolute atomic E-state index is 9.32. The van der Waals surface area contributed by atoms with Crippen LogP contribution in [0.4, 0.5) is 5.95 Å². The Labute approximate surface area is 120 Å². The van der Waals surface area contributed by atoms with Gasteiger partial charge in [-0.1, -0.05) is 6.42 Å². The van der Waals surface area contributed by atoms with Crippen LogP contribution in [0.25, 0.3) is 0 Å². The van der Waals surface area contributed by atoms with E-state index >= 15 is 0 Å². The Kier molecular flexibility index (Phi) is 3.89. The van der Waals surface area contributed by atoms with Gasteiger partial charge in [-0.25, -0.2) is 9.97 Å². The second-order valence-electron chi connectivity index (χ2n) is 6.24. The lowest BCUT2D eigenvalue weighted by Gasteiger charge is -2.25. The fourth-order valence-electron chi connectivity index (χ4n) is 3.15. The predicted molar refractivity (Wildman–Crippen MR) is 78.9 cm³/mol. The average molecular weight is 276 g/mol. The van der Waals surface area contributed by atoms with Gasteiger partial charge in [-0.15, -0.1) is 0 Å². The second kappa shape index (κ2) is 5.66. The number of aliphatic hydroxyl groups excluding tert-OH is 1. The Morgan fingerprint density at radius 2 is 2.20 bits per heavy atom. The Bertz CT molecular complexity index is 475. The smallest absolute Gasteiger partial charge is 0.223 e. The van der Waals surface area contributed by atoms with Gasteiger partial charge >= 0.3 is 0 Å². The van der Waals surface area contributed by atoms with Gasteiger partial charge in [0.2, 0.25) is 5.95 Å². The summed E-state index contributed by atoms with van der Waals surface area (Å²) in [7, 11) is 2.06. The molecule has 5 nitrogen and oxygen atoms in total. The van der Waals surface area contributed by atoms with Crippen molar-refractivity contribution in [2.24, 2.45) is 0 Å². The standard InChI is InChI=1S/C15H24N4O/c1-10-6-14(11-4-3-5-11)18-15(16-10)17-12-7-13(9-20)19(2)8-12/h6,11-13,20H,3-5,7-9H2,1-2H3,(H,16,17,18)/t12-,13+/m1/s1. The zero-order valence-electron chi connectivity index (χ0n) is 12.3. The minimum absolute atomic E-state index is 0.219.